The molecule has 0 saturated heterocycles. The SMILES string of the molecule is CC(=O)Nc1ccc(N2C(=O)C(c3ccc([N+](=O)[O-])cc3)=C(N(C)CCO)C2=O)cc1. The topological polar surface area (TPSA) is 133 Å². The average Bonchev–Trinajstić information content (AvgIpc) is 2.99. The number of rotatable bonds is 7. The number of carbonyl (C=O) groups excluding carboxylic acids is 3. The molecular formula is C21H20N4O6. The Hall–Kier alpha value is -4.05. The Morgan fingerprint density at radius 1 is 1.10 bits per heavy atom. The van der Waals surface area contributed by atoms with E-state index in [9.17, 15) is 29.6 Å². The normalized spacial score (nSPS) is 13.6. The highest BCUT2D eigenvalue weighted by Crippen LogP contribution is 2.35. The van der Waals surface area contributed by atoms with E-state index in [-0.39, 0.29) is 36.0 Å². The van der Waals surface area contributed by atoms with Crippen LogP contribution < -0.4 is 10.2 Å². The van der Waals surface area contributed by atoms with Crippen molar-refractivity contribution < 1.29 is 24.4 Å². The van der Waals surface area contributed by atoms with Crippen molar-refractivity contribution in [2.45, 2.75) is 6.92 Å². The van der Waals surface area contributed by atoms with Gasteiger partial charge in [0.15, 0.2) is 0 Å². The van der Waals surface area contributed by atoms with Gasteiger partial charge in [0.2, 0.25) is 5.91 Å². The van der Waals surface area contributed by atoms with Crippen LogP contribution in [0.1, 0.15) is 12.5 Å². The van der Waals surface area contributed by atoms with Gasteiger partial charge in [-0.3, -0.25) is 24.5 Å². The number of hydrogen-bond donors (Lipinski definition) is 2. The van der Waals surface area contributed by atoms with Crippen LogP contribution in [-0.4, -0.2) is 52.9 Å². The number of imide groups is 1. The molecule has 1 aliphatic rings. The minimum absolute atomic E-state index is 0.0823. The van der Waals surface area contributed by atoms with E-state index in [1.54, 1.807) is 19.2 Å². The molecule has 0 bridgehead atoms. The van der Waals surface area contributed by atoms with Gasteiger partial charge in [-0.25, -0.2) is 4.90 Å². The highest BCUT2D eigenvalue weighted by Gasteiger charge is 2.41. The first-order valence-electron chi connectivity index (χ1n) is 9.32. The second-order valence-electron chi connectivity index (χ2n) is 6.85. The highest BCUT2D eigenvalue weighted by atomic mass is 16.6. The highest BCUT2D eigenvalue weighted by molar-refractivity contribution is 6.45. The number of carbonyl (C=O) groups is 3. The van der Waals surface area contributed by atoms with Gasteiger partial charge in [-0.15, -0.1) is 0 Å². The van der Waals surface area contributed by atoms with Crippen LogP contribution in [0, 0.1) is 10.1 Å². The van der Waals surface area contributed by atoms with Crippen LogP contribution in [0.4, 0.5) is 17.1 Å². The maximum atomic E-state index is 13.3. The fraction of sp³-hybridized carbons (Fsp3) is 0.190. The molecule has 2 aromatic carbocycles. The molecule has 0 unspecified atom stereocenters. The molecule has 2 N–H and O–H groups in total. The van der Waals surface area contributed by atoms with E-state index in [0.717, 1.165) is 4.90 Å². The minimum Gasteiger partial charge on any atom is -0.395 e. The lowest BCUT2D eigenvalue weighted by molar-refractivity contribution is -0.384. The van der Waals surface area contributed by atoms with E-state index in [1.165, 1.54) is 48.2 Å². The Kier molecular flexibility index (Phi) is 6.12. The zero-order valence-corrected chi connectivity index (χ0v) is 16.9. The third-order valence-electron chi connectivity index (χ3n) is 4.69. The predicted molar refractivity (Wildman–Crippen MR) is 113 cm³/mol. The summed E-state index contributed by atoms with van der Waals surface area (Å²) in [6.07, 6.45) is 0. The van der Waals surface area contributed by atoms with Gasteiger partial charge in [0.25, 0.3) is 17.5 Å². The van der Waals surface area contributed by atoms with Gasteiger partial charge >= 0.3 is 0 Å². The number of aliphatic hydroxyl groups excluding tert-OH is 1. The van der Waals surface area contributed by atoms with Gasteiger partial charge in [-0.2, -0.15) is 0 Å². The smallest absolute Gasteiger partial charge is 0.282 e. The molecule has 1 aliphatic heterocycles. The monoisotopic (exact) mass is 424 g/mol. The molecule has 160 valence electrons. The van der Waals surface area contributed by atoms with Crippen LogP contribution in [-0.2, 0) is 14.4 Å². The first-order valence-corrected chi connectivity index (χ1v) is 9.32. The number of nitrogens with zero attached hydrogens (tertiary/aromatic N) is 3. The Labute approximate surface area is 177 Å². The van der Waals surface area contributed by atoms with Gasteiger partial charge in [0, 0.05) is 38.3 Å². The summed E-state index contributed by atoms with van der Waals surface area (Å²) < 4.78 is 0. The van der Waals surface area contributed by atoms with Crippen LogP contribution in [0.15, 0.2) is 54.2 Å². The number of amides is 3. The largest absolute Gasteiger partial charge is 0.395 e. The Bertz CT molecular complexity index is 1080. The lowest BCUT2D eigenvalue weighted by Gasteiger charge is -2.20. The molecule has 10 heteroatoms. The van der Waals surface area contributed by atoms with Gasteiger partial charge < -0.3 is 15.3 Å². The number of hydrogen-bond acceptors (Lipinski definition) is 7. The second-order valence-corrected chi connectivity index (χ2v) is 6.85. The molecule has 31 heavy (non-hydrogen) atoms. The number of anilines is 2. The summed E-state index contributed by atoms with van der Waals surface area (Å²) in [4.78, 5) is 50.5. The van der Waals surface area contributed by atoms with Crippen molar-refractivity contribution >= 4 is 40.4 Å². The number of aliphatic hydroxyl groups is 1. The molecule has 10 nitrogen and oxygen atoms in total. The molecule has 0 saturated carbocycles. The maximum Gasteiger partial charge on any atom is 0.282 e. The summed E-state index contributed by atoms with van der Waals surface area (Å²) in [6.45, 7) is 1.24. The Morgan fingerprint density at radius 3 is 2.23 bits per heavy atom. The number of non-ortho nitro benzene ring substituents is 1. The van der Waals surface area contributed by atoms with Crippen molar-refractivity contribution in [2.24, 2.45) is 0 Å². The molecular weight excluding hydrogens is 404 g/mol. The van der Waals surface area contributed by atoms with Gasteiger partial charge in [0.05, 0.1) is 22.8 Å². The quantitative estimate of drug-likeness (QED) is 0.393. The van der Waals surface area contributed by atoms with Gasteiger partial charge in [0.1, 0.15) is 5.70 Å². The molecule has 0 aromatic heterocycles. The van der Waals surface area contributed by atoms with Crippen molar-refractivity contribution in [2.75, 3.05) is 30.4 Å². The number of nitro benzene ring substituents is 1. The molecule has 3 rings (SSSR count). The third kappa shape index (κ3) is 4.28. The van der Waals surface area contributed by atoms with E-state index < -0.39 is 16.7 Å². The summed E-state index contributed by atoms with van der Waals surface area (Å²) in [5.41, 5.74) is 1.19. The summed E-state index contributed by atoms with van der Waals surface area (Å²) in [5, 5.41) is 22.9. The Balaban J connectivity index is 2.03. The lowest BCUT2D eigenvalue weighted by Crippen LogP contribution is -2.34. The fourth-order valence-corrected chi connectivity index (χ4v) is 3.28. The molecule has 0 aliphatic carbocycles. The maximum absolute atomic E-state index is 13.3. The van der Waals surface area contributed by atoms with Crippen LogP contribution in [0.2, 0.25) is 0 Å². The summed E-state index contributed by atoms with van der Waals surface area (Å²) in [6, 6.07) is 11.5. The summed E-state index contributed by atoms with van der Waals surface area (Å²) in [5.74, 6) is -1.43. The predicted octanol–water partition coefficient (Wildman–Crippen LogP) is 1.76. The number of nitro groups is 1. The van der Waals surface area contributed by atoms with Crippen molar-refractivity contribution in [1.82, 2.24) is 4.90 Å². The minimum atomic E-state index is -0.592. The molecule has 0 radical (unpaired) electrons. The summed E-state index contributed by atoms with van der Waals surface area (Å²) >= 11 is 0. The van der Waals surface area contributed by atoms with Crippen molar-refractivity contribution in [1.29, 1.82) is 0 Å². The van der Waals surface area contributed by atoms with E-state index >= 15 is 0 Å². The van der Waals surface area contributed by atoms with E-state index in [1.807, 2.05) is 0 Å². The first-order chi connectivity index (χ1) is 14.7. The zero-order chi connectivity index (χ0) is 22.7. The number of likely N-dealkylation sites (N-methyl/N-ethyl adjacent to an activating group) is 1. The van der Waals surface area contributed by atoms with Crippen LogP contribution >= 0.6 is 0 Å². The number of nitrogens with one attached hydrogen (secondary N) is 1. The second kappa shape index (κ2) is 8.76. The average molecular weight is 424 g/mol. The fourth-order valence-electron chi connectivity index (χ4n) is 3.28. The van der Waals surface area contributed by atoms with Crippen LogP contribution in [0.3, 0.4) is 0 Å². The molecule has 1 heterocycles. The Morgan fingerprint density at radius 2 is 1.71 bits per heavy atom. The van der Waals surface area contributed by atoms with Crippen LogP contribution in [0.25, 0.3) is 5.57 Å². The molecule has 0 atom stereocenters. The molecule has 0 spiro atoms. The van der Waals surface area contributed by atoms with E-state index in [4.69, 9.17) is 0 Å². The van der Waals surface area contributed by atoms with Gasteiger partial charge in [-0.05, 0) is 42.0 Å². The first kappa shape index (κ1) is 21.7. The lowest BCUT2D eigenvalue weighted by atomic mass is 10.0. The molecule has 3 amide bonds. The van der Waals surface area contributed by atoms with E-state index in [0.29, 0.717) is 16.9 Å². The van der Waals surface area contributed by atoms with Crippen molar-refractivity contribution in [3.8, 4) is 0 Å². The molecule has 2 aromatic rings. The zero-order valence-electron chi connectivity index (χ0n) is 16.9. The van der Waals surface area contributed by atoms with Gasteiger partial charge in [-0.1, -0.05) is 0 Å². The number of benzene rings is 2. The summed E-state index contributed by atoms with van der Waals surface area (Å²) in [7, 11) is 1.57. The third-order valence-corrected chi connectivity index (χ3v) is 4.69. The van der Waals surface area contributed by atoms with Crippen LogP contribution in [0.5, 0.6) is 0 Å². The van der Waals surface area contributed by atoms with E-state index in [2.05, 4.69) is 5.32 Å². The molecule has 0 fully saturated rings. The van der Waals surface area contributed by atoms with Crippen molar-refractivity contribution in [3.63, 3.8) is 0 Å². The van der Waals surface area contributed by atoms with Crippen molar-refractivity contribution in [3.05, 3.63) is 69.9 Å². The standard InChI is InChI=1S/C21H20N4O6/c1-13(27)22-15-5-9-16(10-6-15)24-20(28)18(19(21(24)29)23(2)11-12-26)14-3-7-17(8-4-14)25(30)31/h3-10,26H,11-12H2,1-2H3,(H,22,27).